The van der Waals surface area contributed by atoms with E-state index >= 15 is 0 Å². The quantitative estimate of drug-likeness (QED) is 0.450. The molecule has 0 bridgehead atoms. The van der Waals surface area contributed by atoms with Gasteiger partial charge in [0.15, 0.2) is 0 Å². The van der Waals surface area contributed by atoms with Gasteiger partial charge in [-0.15, -0.1) is 0 Å². The number of rotatable bonds is 4. The predicted molar refractivity (Wildman–Crippen MR) is 128 cm³/mol. The number of hydrazine groups is 1. The fourth-order valence-corrected chi connectivity index (χ4v) is 4.70. The molecule has 4 aromatic rings. The van der Waals surface area contributed by atoms with E-state index in [0.29, 0.717) is 0 Å². The van der Waals surface area contributed by atoms with E-state index in [1.54, 1.807) is 0 Å². The zero-order chi connectivity index (χ0) is 20.6. The molecule has 0 amide bonds. The van der Waals surface area contributed by atoms with Gasteiger partial charge in [0.05, 0.1) is 35.5 Å². The molecular formula is C27H24N4. The van der Waals surface area contributed by atoms with E-state index in [0.717, 1.165) is 18.9 Å². The first-order valence-corrected chi connectivity index (χ1v) is 10.8. The summed E-state index contributed by atoms with van der Waals surface area (Å²) in [5.41, 5.74) is 11.2. The second-order valence-electron chi connectivity index (χ2n) is 8.03. The van der Waals surface area contributed by atoms with Crippen LogP contribution in [0.1, 0.15) is 11.6 Å². The molecule has 0 fully saturated rings. The molecule has 152 valence electrons. The number of para-hydroxylation sites is 5. The van der Waals surface area contributed by atoms with Crippen molar-refractivity contribution in [3.8, 4) is 0 Å². The summed E-state index contributed by atoms with van der Waals surface area (Å²) in [6.45, 7) is 1.73. The number of nitrogens with zero attached hydrogens (tertiary/aromatic N) is 3. The van der Waals surface area contributed by atoms with Crippen LogP contribution in [0, 0.1) is 0 Å². The molecule has 1 atom stereocenters. The van der Waals surface area contributed by atoms with Gasteiger partial charge in [-0.05, 0) is 48.0 Å². The monoisotopic (exact) mass is 404 g/mol. The first-order valence-electron chi connectivity index (χ1n) is 10.8. The molecule has 0 radical (unpaired) electrons. The Kier molecular flexibility index (Phi) is 4.36. The summed E-state index contributed by atoms with van der Waals surface area (Å²) in [5, 5.41) is 2.22. The molecule has 31 heavy (non-hydrogen) atoms. The van der Waals surface area contributed by atoms with Gasteiger partial charge in [0.25, 0.3) is 0 Å². The molecule has 0 aromatic heterocycles. The smallest absolute Gasteiger partial charge is 0.0953 e. The Bertz CT molecular complexity index is 1100. The largest absolute Gasteiger partial charge is 0.350 e. The Morgan fingerprint density at radius 3 is 1.94 bits per heavy atom. The number of fused-ring (bicyclic) bond motifs is 2. The molecule has 1 N–H and O–H groups in total. The summed E-state index contributed by atoms with van der Waals surface area (Å²) >= 11 is 0. The first-order chi connectivity index (χ1) is 15.4. The lowest BCUT2D eigenvalue weighted by atomic mass is 10.1. The van der Waals surface area contributed by atoms with Crippen LogP contribution in [-0.2, 0) is 0 Å². The third-order valence-electron chi connectivity index (χ3n) is 6.15. The van der Waals surface area contributed by atoms with Gasteiger partial charge in [-0.1, -0.05) is 66.7 Å². The molecule has 2 aliphatic rings. The van der Waals surface area contributed by atoms with Gasteiger partial charge >= 0.3 is 0 Å². The summed E-state index contributed by atoms with van der Waals surface area (Å²) < 4.78 is 0. The molecule has 4 heteroatoms. The minimum Gasteiger partial charge on any atom is -0.350 e. The van der Waals surface area contributed by atoms with Crippen molar-refractivity contribution in [3.63, 3.8) is 0 Å². The highest BCUT2D eigenvalue weighted by atomic mass is 15.6. The Labute approximate surface area is 182 Å². The molecule has 0 saturated carbocycles. The van der Waals surface area contributed by atoms with E-state index in [-0.39, 0.29) is 6.04 Å². The number of nitrogens with one attached hydrogen (secondary N) is 1. The average molecular weight is 405 g/mol. The number of anilines is 5. The van der Waals surface area contributed by atoms with Crippen LogP contribution in [0.25, 0.3) is 0 Å². The van der Waals surface area contributed by atoms with E-state index in [9.17, 15) is 0 Å². The van der Waals surface area contributed by atoms with E-state index in [1.165, 1.54) is 28.3 Å². The minimum absolute atomic E-state index is 0.209. The van der Waals surface area contributed by atoms with Crippen molar-refractivity contribution in [2.75, 3.05) is 28.0 Å². The van der Waals surface area contributed by atoms with Gasteiger partial charge in [0, 0.05) is 12.2 Å². The lowest BCUT2D eigenvalue weighted by Gasteiger charge is -2.26. The highest BCUT2D eigenvalue weighted by molar-refractivity contribution is 5.82. The molecule has 0 aliphatic carbocycles. The van der Waals surface area contributed by atoms with Crippen LogP contribution in [0.2, 0.25) is 0 Å². The van der Waals surface area contributed by atoms with Gasteiger partial charge in [-0.25, -0.2) is 5.43 Å². The van der Waals surface area contributed by atoms with Crippen LogP contribution < -0.4 is 20.2 Å². The zero-order valence-electron chi connectivity index (χ0n) is 17.2. The van der Waals surface area contributed by atoms with Gasteiger partial charge in [0.2, 0.25) is 0 Å². The van der Waals surface area contributed by atoms with E-state index < -0.39 is 0 Å². The summed E-state index contributed by atoms with van der Waals surface area (Å²) in [6, 6.07) is 38.8. The van der Waals surface area contributed by atoms with Crippen molar-refractivity contribution in [2.45, 2.75) is 6.04 Å². The molecule has 0 saturated heterocycles. The van der Waals surface area contributed by atoms with Crippen LogP contribution in [0.3, 0.4) is 0 Å². The summed E-state index contributed by atoms with van der Waals surface area (Å²) in [5.74, 6) is 0. The van der Waals surface area contributed by atoms with Crippen LogP contribution in [-0.4, -0.2) is 13.2 Å². The Balaban J connectivity index is 1.32. The summed E-state index contributed by atoms with van der Waals surface area (Å²) in [6.07, 6.45) is 0. The van der Waals surface area contributed by atoms with Gasteiger partial charge in [0.1, 0.15) is 0 Å². The predicted octanol–water partition coefficient (Wildman–Crippen LogP) is 6.00. The molecular weight excluding hydrogens is 380 g/mol. The third-order valence-corrected chi connectivity index (χ3v) is 6.15. The van der Waals surface area contributed by atoms with Crippen molar-refractivity contribution in [2.24, 2.45) is 0 Å². The standard InChI is InChI=1S/C27H24N4/c1-3-11-21(12-4-1)30-20-29(26-17-9-10-18-27(26)30)19-24-23-15-7-8-16-25(23)31(28-24)22-13-5-2-6-14-22/h1-18,24,28H,19-20H2. The normalized spacial score (nSPS) is 17.0. The Hall–Kier alpha value is -3.76. The summed E-state index contributed by atoms with van der Waals surface area (Å²) in [4.78, 5) is 4.87. The third kappa shape index (κ3) is 3.13. The van der Waals surface area contributed by atoms with Crippen LogP contribution in [0.5, 0.6) is 0 Å². The fraction of sp³-hybridized carbons (Fsp3) is 0.111. The van der Waals surface area contributed by atoms with Gasteiger partial charge in [-0.2, -0.15) is 0 Å². The van der Waals surface area contributed by atoms with Gasteiger partial charge < -0.3 is 9.80 Å². The number of benzene rings is 4. The average Bonchev–Trinajstić information content (AvgIpc) is 3.40. The van der Waals surface area contributed by atoms with Crippen molar-refractivity contribution < 1.29 is 0 Å². The van der Waals surface area contributed by atoms with Crippen LogP contribution in [0.4, 0.5) is 28.4 Å². The zero-order valence-corrected chi connectivity index (χ0v) is 17.2. The Morgan fingerprint density at radius 2 is 1.19 bits per heavy atom. The van der Waals surface area contributed by atoms with Crippen LogP contribution in [0.15, 0.2) is 109 Å². The van der Waals surface area contributed by atoms with E-state index in [4.69, 9.17) is 0 Å². The highest BCUT2D eigenvalue weighted by Crippen LogP contribution is 2.43. The topological polar surface area (TPSA) is 21.8 Å². The molecule has 4 aromatic carbocycles. The molecule has 6 rings (SSSR count). The Morgan fingerprint density at radius 1 is 0.613 bits per heavy atom. The lowest BCUT2D eigenvalue weighted by molar-refractivity contribution is 0.571. The van der Waals surface area contributed by atoms with E-state index in [1.807, 2.05) is 0 Å². The van der Waals surface area contributed by atoms with Crippen molar-refractivity contribution in [3.05, 3.63) is 115 Å². The first kappa shape index (κ1) is 18.0. The second-order valence-corrected chi connectivity index (χ2v) is 8.03. The lowest BCUT2D eigenvalue weighted by Crippen LogP contribution is -2.38. The van der Waals surface area contributed by atoms with Crippen molar-refractivity contribution in [1.82, 2.24) is 5.43 Å². The number of hydrogen-bond acceptors (Lipinski definition) is 4. The fourth-order valence-electron chi connectivity index (χ4n) is 4.70. The van der Waals surface area contributed by atoms with Crippen molar-refractivity contribution in [1.29, 1.82) is 0 Å². The SMILES string of the molecule is c1ccc(N2CN(CC3NN(c4ccccc4)c4ccccc43)c3ccccc32)cc1. The molecule has 2 aliphatic heterocycles. The summed E-state index contributed by atoms with van der Waals surface area (Å²) in [7, 11) is 0. The number of hydrogen-bond donors (Lipinski definition) is 1. The minimum atomic E-state index is 0.209. The van der Waals surface area contributed by atoms with Crippen LogP contribution >= 0.6 is 0 Å². The highest BCUT2D eigenvalue weighted by Gasteiger charge is 2.33. The molecule has 4 nitrogen and oxygen atoms in total. The maximum Gasteiger partial charge on any atom is 0.0953 e. The van der Waals surface area contributed by atoms with E-state index in [2.05, 4.69) is 129 Å². The molecule has 0 spiro atoms. The van der Waals surface area contributed by atoms with Crippen molar-refractivity contribution >= 4 is 28.4 Å². The second kappa shape index (κ2) is 7.49. The maximum atomic E-state index is 3.76. The molecule has 1 unspecified atom stereocenters. The van der Waals surface area contributed by atoms with Gasteiger partial charge in [-0.3, -0.25) is 5.01 Å². The maximum absolute atomic E-state index is 3.76. The molecule has 2 heterocycles.